The zero-order valence-corrected chi connectivity index (χ0v) is 13.2. The minimum atomic E-state index is -0.283. The van der Waals surface area contributed by atoms with Crippen LogP contribution in [0.25, 0.3) is 0 Å². The average molecular weight is 313 g/mol. The predicted molar refractivity (Wildman–Crippen MR) is 89.4 cm³/mol. The van der Waals surface area contributed by atoms with Crippen LogP contribution in [0.15, 0.2) is 35.1 Å². The Bertz CT molecular complexity index is 733. The quantitative estimate of drug-likeness (QED) is 0.908. The standard InChI is InChI=1S/C18H23N3O2/c19-11-14-8-4-5-9-15(14)12-21-17(23)10-16(22)18(20-21)13-6-2-1-3-7-13/h4-5,8-10,13,22H,1-3,6-7,11-12,19H2. The van der Waals surface area contributed by atoms with E-state index in [0.717, 1.165) is 36.8 Å². The summed E-state index contributed by atoms with van der Waals surface area (Å²) in [5.41, 5.74) is 8.14. The number of aromatic nitrogens is 2. The second-order valence-corrected chi connectivity index (χ2v) is 6.22. The van der Waals surface area contributed by atoms with Crippen molar-refractivity contribution >= 4 is 0 Å². The summed E-state index contributed by atoms with van der Waals surface area (Å²) in [6.45, 7) is 0.810. The van der Waals surface area contributed by atoms with Crippen LogP contribution in [0.4, 0.5) is 0 Å². The number of nitrogens with two attached hydrogens (primary N) is 1. The van der Waals surface area contributed by atoms with Crippen LogP contribution >= 0.6 is 0 Å². The van der Waals surface area contributed by atoms with E-state index >= 15 is 0 Å². The molecule has 0 radical (unpaired) electrons. The Balaban J connectivity index is 1.94. The van der Waals surface area contributed by atoms with Crippen molar-refractivity contribution in [3.8, 4) is 5.75 Å². The van der Waals surface area contributed by atoms with E-state index in [1.54, 1.807) is 0 Å². The molecule has 0 amide bonds. The van der Waals surface area contributed by atoms with E-state index in [1.165, 1.54) is 17.2 Å². The Morgan fingerprint density at radius 2 is 1.87 bits per heavy atom. The van der Waals surface area contributed by atoms with Gasteiger partial charge in [-0.2, -0.15) is 5.10 Å². The summed E-state index contributed by atoms with van der Waals surface area (Å²) < 4.78 is 1.44. The van der Waals surface area contributed by atoms with Crippen LogP contribution < -0.4 is 11.3 Å². The molecule has 0 spiro atoms. The molecule has 2 aromatic rings. The zero-order chi connectivity index (χ0) is 16.2. The molecule has 0 saturated heterocycles. The van der Waals surface area contributed by atoms with E-state index in [-0.39, 0.29) is 17.2 Å². The predicted octanol–water partition coefficient (Wildman–Crippen LogP) is 2.50. The second-order valence-electron chi connectivity index (χ2n) is 6.22. The van der Waals surface area contributed by atoms with Crippen LogP contribution in [0, 0.1) is 0 Å². The zero-order valence-electron chi connectivity index (χ0n) is 13.2. The van der Waals surface area contributed by atoms with Crippen molar-refractivity contribution in [3.63, 3.8) is 0 Å². The highest BCUT2D eigenvalue weighted by Crippen LogP contribution is 2.34. The average Bonchev–Trinajstić information content (AvgIpc) is 2.58. The van der Waals surface area contributed by atoms with Gasteiger partial charge in [0.1, 0.15) is 11.4 Å². The van der Waals surface area contributed by atoms with Crippen molar-refractivity contribution in [2.45, 2.75) is 51.1 Å². The second kappa shape index (κ2) is 6.96. The SMILES string of the molecule is NCc1ccccc1Cn1nc(C2CCCCC2)c(O)cc1=O. The van der Waals surface area contributed by atoms with Crippen molar-refractivity contribution in [2.75, 3.05) is 0 Å². The molecule has 3 rings (SSSR count). The van der Waals surface area contributed by atoms with Crippen molar-refractivity contribution in [2.24, 2.45) is 5.73 Å². The summed E-state index contributed by atoms with van der Waals surface area (Å²) in [7, 11) is 0. The maximum Gasteiger partial charge on any atom is 0.270 e. The van der Waals surface area contributed by atoms with Gasteiger partial charge in [-0.25, -0.2) is 4.68 Å². The lowest BCUT2D eigenvalue weighted by Crippen LogP contribution is -2.25. The smallest absolute Gasteiger partial charge is 0.270 e. The molecule has 0 aliphatic heterocycles. The van der Waals surface area contributed by atoms with Crippen molar-refractivity contribution in [3.05, 3.63) is 57.5 Å². The van der Waals surface area contributed by atoms with Crippen LogP contribution in [0.1, 0.15) is 54.8 Å². The van der Waals surface area contributed by atoms with Crippen LogP contribution in [-0.2, 0) is 13.1 Å². The normalized spacial score (nSPS) is 15.7. The Hall–Kier alpha value is -2.14. The van der Waals surface area contributed by atoms with E-state index in [1.807, 2.05) is 24.3 Å². The summed E-state index contributed by atoms with van der Waals surface area (Å²) >= 11 is 0. The molecule has 1 aliphatic rings. The number of hydrogen-bond acceptors (Lipinski definition) is 4. The molecule has 0 atom stereocenters. The first kappa shape index (κ1) is 15.7. The van der Waals surface area contributed by atoms with Crippen LogP contribution in [-0.4, -0.2) is 14.9 Å². The first-order chi connectivity index (χ1) is 11.2. The van der Waals surface area contributed by atoms with Gasteiger partial charge in [0.15, 0.2) is 0 Å². The van der Waals surface area contributed by atoms with Gasteiger partial charge in [0.25, 0.3) is 5.56 Å². The Labute approximate surface area is 135 Å². The largest absolute Gasteiger partial charge is 0.506 e. The monoisotopic (exact) mass is 313 g/mol. The Kier molecular flexibility index (Phi) is 4.76. The molecule has 3 N–H and O–H groups in total. The van der Waals surface area contributed by atoms with E-state index < -0.39 is 0 Å². The highest BCUT2D eigenvalue weighted by atomic mass is 16.3. The van der Waals surface area contributed by atoms with Crippen LogP contribution in [0.3, 0.4) is 0 Å². The van der Waals surface area contributed by atoms with E-state index in [4.69, 9.17) is 5.73 Å². The van der Waals surface area contributed by atoms with Crippen molar-refractivity contribution in [1.82, 2.24) is 9.78 Å². The number of nitrogens with zero attached hydrogens (tertiary/aromatic N) is 2. The summed E-state index contributed by atoms with van der Waals surface area (Å²) in [6.07, 6.45) is 5.60. The molecule has 1 aromatic heterocycles. The van der Waals surface area contributed by atoms with Gasteiger partial charge in [-0.3, -0.25) is 4.79 Å². The molecule has 1 aliphatic carbocycles. The lowest BCUT2D eigenvalue weighted by Gasteiger charge is -2.22. The third-order valence-electron chi connectivity index (χ3n) is 4.66. The van der Waals surface area contributed by atoms with Gasteiger partial charge in [0.05, 0.1) is 6.54 Å². The molecule has 5 nitrogen and oxygen atoms in total. The van der Waals surface area contributed by atoms with Crippen LogP contribution in [0.5, 0.6) is 5.75 Å². The van der Waals surface area contributed by atoms with E-state index in [2.05, 4.69) is 5.10 Å². The van der Waals surface area contributed by atoms with Crippen LogP contribution in [0.2, 0.25) is 0 Å². The minimum Gasteiger partial charge on any atom is -0.506 e. The Morgan fingerprint density at radius 3 is 2.57 bits per heavy atom. The highest BCUT2D eigenvalue weighted by molar-refractivity contribution is 5.29. The maximum absolute atomic E-state index is 12.2. The molecule has 23 heavy (non-hydrogen) atoms. The van der Waals surface area contributed by atoms with E-state index in [9.17, 15) is 9.90 Å². The van der Waals surface area contributed by atoms with Gasteiger partial charge in [-0.05, 0) is 24.0 Å². The maximum atomic E-state index is 12.2. The summed E-state index contributed by atoms with van der Waals surface area (Å²) in [4.78, 5) is 12.2. The van der Waals surface area contributed by atoms with Crippen molar-refractivity contribution in [1.29, 1.82) is 0 Å². The van der Waals surface area contributed by atoms with E-state index in [0.29, 0.717) is 18.8 Å². The molecule has 0 bridgehead atoms. The number of benzene rings is 1. The molecule has 1 heterocycles. The van der Waals surface area contributed by atoms with Gasteiger partial charge >= 0.3 is 0 Å². The summed E-state index contributed by atoms with van der Waals surface area (Å²) in [6, 6.07) is 9.09. The number of rotatable bonds is 4. The molecule has 0 unspecified atom stereocenters. The third kappa shape index (κ3) is 3.45. The van der Waals surface area contributed by atoms with Gasteiger partial charge in [-0.15, -0.1) is 0 Å². The van der Waals surface area contributed by atoms with Gasteiger partial charge in [0, 0.05) is 18.5 Å². The fraction of sp³-hybridized carbons (Fsp3) is 0.444. The molecule has 5 heteroatoms. The molecule has 1 fully saturated rings. The summed E-state index contributed by atoms with van der Waals surface area (Å²) in [5.74, 6) is 0.283. The molecule has 1 aromatic carbocycles. The molecule has 122 valence electrons. The lowest BCUT2D eigenvalue weighted by molar-refractivity contribution is 0.392. The highest BCUT2D eigenvalue weighted by Gasteiger charge is 2.21. The first-order valence-electron chi connectivity index (χ1n) is 8.27. The van der Waals surface area contributed by atoms with Gasteiger partial charge in [-0.1, -0.05) is 43.5 Å². The minimum absolute atomic E-state index is 0.0326. The number of aromatic hydroxyl groups is 1. The number of hydrogen-bond donors (Lipinski definition) is 2. The molecular weight excluding hydrogens is 290 g/mol. The summed E-state index contributed by atoms with van der Waals surface area (Å²) in [5, 5.41) is 14.6. The fourth-order valence-corrected chi connectivity index (χ4v) is 3.35. The molecule has 1 saturated carbocycles. The third-order valence-corrected chi connectivity index (χ3v) is 4.66. The molecular formula is C18H23N3O2. The van der Waals surface area contributed by atoms with Gasteiger partial charge in [0.2, 0.25) is 0 Å². The van der Waals surface area contributed by atoms with Gasteiger partial charge < -0.3 is 10.8 Å². The topological polar surface area (TPSA) is 81.1 Å². The fourth-order valence-electron chi connectivity index (χ4n) is 3.35. The first-order valence-corrected chi connectivity index (χ1v) is 8.27. The lowest BCUT2D eigenvalue weighted by atomic mass is 9.86. The van der Waals surface area contributed by atoms with Crippen molar-refractivity contribution < 1.29 is 5.11 Å². The Morgan fingerprint density at radius 1 is 1.17 bits per heavy atom.